The third kappa shape index (κ3) is 2.69. The minimum Gasteiger partial charge on any atom is -0.393 e. The average molecular weight is 291 g/mol. The molecule has 1 heterocycles. The van der Waals surface area contributed by atoms with Gasteiger partial charge in [0.2, 0.25) is 0 Å². The molecule has 1 aromatic rings. The Morgan fingerprint density at radius 2 is 2.14 bits per heavy atom. The average Bonchev–Trinajstić information content (AvgIpc) is 3.19. The SMILES string of the molecule is Nc1c(C(=O)NC2CCOC2C2CC2)cccc1[N+](=O)[O-]. The molecule has 1 aromatic carbocycles. The first-order valence-electron chi connectivity index (χ1n) is 7.03. The summed E-state index contributed by atoms with van der Waals surface area (Å²) in [6.45, 7) is 0.635. The summed E-state index contributed by atoms with van der Waals surface area (Å²) < 4.78 is 5.66. The Labute approximate surface area is 121 Å². The van der Waals surface area contributed by atoms with Gasteiger partial charge in [0.25, 0.3) is 11.6 Å². The van der Waals surface area contributed by atoms with E-state index in [9.17, 15) is 14.9 Å². The lowest BCUT2D eigenvalue weighted by atomic mass is 10.0. The van der Waals surface area contributed by atoms with Crippen LogP contribution in [0.2, 0.25) is 0 Å². The van der Waals surface area contributed by atoms with Crippen LogP contribution in [0.4, 0.5) is 11.4 Å². The number of para-hydroxylation sites is 1. The fraction of sp³-hybridized carbons (Fsp3) is 0.500. The number of benzene rings is 1. The Bertz CT molecular complexity index is 586. The van der Waals surface area contributed by atoms with E-state index in [1.54, 1.807) is 0 Å². The Hall–Kier alpha value is -2.15. The second kappa shape index (κ2) is 5.33. The molecule has 3 N–H and O–H groups in total. The molecule has 21 heavy (non-hydrogen) atoms. The van der Waals surface area contributed by atoms with Crippen molar-refractivity contribution in [3.05, 3.63) is 33.9 Å². The summed E-state index contributed by atoms with van der Waals surface area (Å²) in [6, 6.07) is 4.22. The Kier molecular flexibility index (Phi) is 3.50. The highest BCUT2D eigenvalue weighted by molar-refractivity contribution is 6.01. The summed E-state index contributed by atoms with van der Waals surface area (Å²) in [4.78, 5) is 22.6. The van der Waals surface area contributed by atoms with Crippen molar-refractivity contribution < 1.29 is 14.5 Å². The second-order valence-electron chi connectivity index (χ2n) is 5.54. The van der Waals surface area contributed by atoms with Gasteiger partial charge in [0.1, 0.15) is 5.69 Å². The molecule has 0 radical (unpaired) electrons. The number of carbonyl (C=O) groups excluding carboxylic acids is 1. The zero-order valence-electron chi connectivity index (χ0n) is 11.5. The van der Waals surface area contributed by atoms with Crippen molar-refractivity contribution in [2.45, 2.75) is 31.4 Å². The van der Waals surface area contributed by atoms with E-state index in [1.165, 1.54) is 18.2 Å². The van der Waals surface area contributed by atoms with Crippen LogP contribution < -0.4 is 11.1 Å². The Balaban J connectivity index is 1.76. The van der Waals surface area contributed by atoms with Gasteiger partial charge >= 0.3 is 0 Å². The predicted molar refractivity (Wildman–Crippen MR) is 75.8 cm³/mol. The van der Waals surface area contributed by atoms with Gasteiger partial charge in [0.15, 0.2) is 0 Å². The summed E-state index contributed by atoms with van der Waals surface area (Å²) >= 11 is 0. The number of hydrogen-bond acceptors (Lipinski definition) is 5. The molecule has 1 saturated carbocycles. The molecule has 112 valence electrons. The molecule has 1 saturated heterocycles. The smallest absolute Gasteiger partial charge is 0.292 e. The number of hydrogen-bond donors (Lipinski definition) is 2. The molecule has 2 fully saturated rings. The first-order valence-corrected chi connectivity index (χ1v) is 7.03. The molecule has 7 nitrogen and oxygen atoms in total. The lowest BCUT2D eigenvalue weighted by molar-refractivity contribution is -0.383. The monoisotopic (exact) mass is 291 g/mol. The number of nitrogen functional groups attached to an aromatic ring is 1. The number of nitro groups is 1. The van der Waals surface area contributed by atoms with Gasteiger partial charge in [-0.25, -0.2) is 0 Å². The molecule has 0 aromatic heterocycles. The van der Waals surface area contributed by atoms with Gasteiger partial charge in [0, 0.05) is 12.7 Å². The van der Waals surface area contributed by atoms with Gasteiger partial charge in [-0.2, -0.15) is 0 Å². The number of carbonyl (C=O) groups is 1. The number of nitrogens with zero attached hydrogens (tertiary/aromatic N) is 1. The fourth-order valence-corrected chi connectivity index (χ4v) is 2.81. The van der Waals surface area contributed by atoms with Crippen molar-refractivity contribution in [2.75, 3.05) is 12.3 Å². The topological polar surface area (TPSA) is 107 Å². The van der Waals surface area contributed by atoms with Crippen molar-refractivity contribution in [2.24, 2.45) is 5.92 Å². The second-order valence-corrected chi connectivity index (χ2v) is 5.54. The quantitative estimate of drug-likeness (QED) is 0.496. The van der Waals surface area contributed by atoms with E-state index in [1.807, 2.05) is 0 Å². The van der Waals surface area contributed by atoms with Crippen LogP contribution in [0.15, 0.2) is 18.2 Å². The molecular formula is C14H17N3O4. The number of amides is 1. The van der Waals surface area contributed by atoms with Gasteiger partial charge < -0.3 is 15.8 Å². The Morgan fingerprint density at radius 1 is 1.38 bits per heavy atom. The summed E-state index contributed by atoms with van der Waals surface area (Å²) in [6.07, 6.45) is 3.10. The molecule has 1 aliphatic heterocycles. The van der Waals surface area contributed by atoms with Crippen molar-refractivity contribution in [3.8, 4) is 0 Å². The van der Waals surface area contributed by atoms with Crippen molar-refractivity contribution >= 4 is 17.3 Å². The largest absolute Gasteiger partial charge is 0.393 e. The normalized spacial score (nSPS) is 24.8. The van der Waals surface area contributed by atoms with Crippen molar-refractivity contribution in [1.82, 2.24) is 5.32 Å². The summed E-state index contributed by atoms with van der Waals surface area (Å²) in [5.74, 6) is 0.151. The highest BCUT2D eigenvalue weighted by Crippen LogP contribution is 2.39. The highest BCUT2D eigenvalue weighted by atomic mass is 16.6. The molecule has 2 unspecified atom stereocenters. The molecular weight excluding hydrogens is 274 g/mol. The molecule has 2 aliphatic rings. The van der Waals surface area contributed by atoms with E-state index < -0.39 is 4.92 Å². The lowest BCUT2D eigenvalue weighted by Crippen LogP contribution is -2.41. The molecule has 0 spiro atoms. The molecule has 2 atom stereocenters. The zero-order chi connectivity index (χ0) is 15.0. The summed E-state index contributed by atoms with van der Waals surface area (Å²) in [5, 5.41) is 13.8. The molecule has 3 rings (SSSR count). The van der Waals surface area contributed by atoms with Crippen molar-refractivity contribution in [3.63, 3.8) is 0 Å². The molecule has 0 bridgehead atoms. The third-order valence-electron chi connectivity index (χ3n) is 4.06. The van der Waals surface area contributed by atoms with E-state index in [0.29, 0.717) is 12.5 Å². The van der Waals surface area contributed by atoms with Crippen LogP contribution in [0.1, 0.15) is 29.6 Å². The van der Waals surface area contributed by atoms with Crippen LogP contribution in [0.3, 0.4) is 0 Å². The van der Waals surface area contributed by atoms with E-state index in [0.717, 1.165) is 19.3 Å². The predicted octanol–water partition coefficient (Wildman–Crippen LogP) is 1.47. The molecule has 7 heteroatoms. The summed E-state index contributed by atoms with van der Waals surface area (Å²) in [7, 11) is 0. The van der Waals surface area contributed by atoms with Gasteiger partial charge in [-0.1, -0.05) is 6.07 Å². The molecule has 1 aliphatic carbocycles. The third-order valence-corrected chi connectivity index (χ3v) is 4.06. The van der Waals surface area contributed by atoms with Crippen LogP contribution in [0, 0.1) is 16.0 Å². The lowest BCUT2D eigenvalue weighted by Gasteiger charge is -2.19. The van der Waals surface area contributed by atoms with E-state index in [4.69, 9.17) is 10.5 Å². The van der Waals surface area contributed by atoms with Gasteiger partial charge in [0.05, 0.1) is 22.6 Å². The number of anilines is 1. The van der Waals surface area contributed by atoms with Crippen LogP contribution in [0.25, 0.3) is 0 Å². The first-order chi connectivity index (χ1) is 10.1. The van der Waals surface area contributed by atoms with Gasteiger partial charge in [-0.3, -0.25) is 14.9 Å². The maximum absolute atomic E-state index is 12.3. The Morgan fingerprint density at radius 3 is 2.81 bits per heavy atom. The van der Waals surface area contributed by atoms with Crippen LogP contribution in [-0.2, 0) is 4.74 Å². The number of nitro benzene ring substituents is 1. The fourth-order valence-electron chi connectivity index (χ4n) is 2.81. The first kappa shape index (κ1) is 13.8. The number of ether oxygens (including phenoxy) is 1. The van der Waals surface area contributed by atoms with E-state index in [2.05, 4.69) is 5.32 Å². The summed E-state index contributed by atoms with van der Waals surface area (Å²) in [5.41, 5.74) is 5.53. The standard InChI is InChI=1S/C14H17N3O4/c15-12-9(2-1-3-11(12)17(19)20)14(18)16-10-6-7-21-13(10)8-4-5-8/h1-3,8,10,13H,4-7,15H2,(H,16,18). The van der Waals surface area contributed by atoms with Crippen molar-refractivity contribution in [1.29, 1.82) is 0 Å². The number of nitrogens with two attached hydrogens (primary N) is 1. The maximum Gasteiger partial charge on any atom is 0.292 e. The van der Waals surface area contributed by atoms with Crippen LogP contribution in [0.5, 0.6) is 0 Å². The van der Waals surface area contributed by atoms with E-state index in [-0.39, 0.29) is 35.0 Å². The van der Waals surface area contributed by atoms with Crippen LogP contribution in [-0.4, -0.2) is 29.6 Å². The molecule has 1 amide bonds. The highest BCUT2D eigenvalue weighted by Gasteiger charge is 2.41. The number of rotatable bonds is 4. The maximum atomic E-state index is 12.3. The minimum atomic E-state index is -0.586. The zero-order valence-corrected chi connectivity index (χ0v) is 11.5. The van der Waals surface area contributed by atoms with Crippen LogP contribution >= 0.6 is 0 Å². The minimum absolute atomic E-state index is 0.0383. The van der Waals surface area contributed by atoms with E-state index >= 15 is 0 Å². The van der Waals surface area contributed by atoms with Gasteiger partial charge in [-0.15, -0.1) is 0 Å². The number of nitrogens with one attached hydrogen (secondary N) is 1. The van der Waals surface area contributed by atoms with Gasteiger partial charge in [-0.05, 0) is 31.2 Å².